The van der Waals surface area contributed by atoms with Gasteiger partial charge in [0.2, 0.25) is 11.8 Å². The number of nitrogens with zero attached hydrogens (tertiary/aromatic N) is 2. The van der Waals surface area contributed by atoms with Gasteiger partial charge in [-0.15, -0.1) is 0 Å². The number of unbranched alkanes of at least 4 members (excludes halogenated alkanes) is 1. The van der Waals surface area contributed by atoms with Crippen molar-refractivity contribution in [3.05, 3.63) is 82.9 Å². The molecule has 12 nitrogen and oxygen atoms in total. The number of benzene rings is 2. The van der Waals surface area contributed by atoms with Crippen LogP contribution in [0.2, 0.25) is 0 Å². The van der Waals surface area contributed by atoms with Gasteiger partial charge in [0.05, 0.1) is 25.7 Å². The first-order chi connectivity index (χ1) is 24.2. The molecule has 5 bridgehead atoms. The number of likely N-dealkylation sites (tertiary alicyclic amines) is 1. The minimum atomic E-state index is -1.47. The number of carbonyl (C=O) groups excluding carboxylic acids is 4. The topological polar surface area (TPSA) is 144 Å². The molecular weight excluding hydrogens is 710 g/mol. The molecule has 2 saturated heterocycles. The van der Waals surface area contributed by atoms with E-state index in [1.165, 1.54) is 12.0 Å². The van der Waals surface area contributed by atoms with Gasteiger partial charge in [-0.25, -0.2) is 0 Å². The molecule has 7 atom stereocenters. The molecule has 2 aromatic carbocycles. The Bertz CT molecular complexity index is 1630. The quantitative estimate of drug-likeness (QED) is 0.224. The van der Waals surface area contributed by atoms with E-state index in [1.807, 2.05) is 30.4 Å². The lowest BCUT2D eigenvalue weighted by molar-refractivity contribution is -0.162. The lowest BCUT2D eigenvalue weighted by Gasteiger charge is -2.36. The molecule has 6 rings (SSSR count). The van der Waals surface area contributed by atoms with Crippen LogP contribution in [0, 0.1) is 11.8 Å². The van der Waals surface area contributed by atoms with Crippen molar-refractivity contribution in [3.63, 3.8) is 0 Å². The third-order valence-corrected chi connectivity index (χ3v) is 10.5. The number of anilines is 1. The highest BCUT2D eigenvalue weighted by atomic mass is 79.9. The summed E-state index contributed by atoms with van der Waals surface area (Å²) in [6.07, 6.45) is 5.01. The number of methoxy groups -OCH3 is 2. The summed E-state index contributed by atoms with van der Waals surface area (Å²) in [7, 11) is 3.06. The van der Waals surface area contributed by atoms with Crippen molar-refractivity contribution >= 4 is 45.3 Å². The zero-order valence-electron chi connectivity index (χ0n) is 28.0. The molecule has 0 unspecified atom stereocenters. The van der Waals surface area contributed by atoms with Crippen molar-refractivity contribution in [2.45, 2.75) is 55.6 Å². The Hall–Kier alpha value is -4.04. The second-order valence-corrected chi connectivity index (χ2v) is 13.8. The summed E-state index contributed by atoms with van der Waals surface area (Å²) >= 11 is 3.60. The molecule has 2 fully saturated rings. The largest absolute Gasteiger partial charge is 0.497 e. The predicted octanol–water partition coefficient (Wildman–Crippen LogP) is 3.44. The second-order valence-electron chi connectivity index (χ2n) is 12.8. The number of cyclic esters (lactones) is 1. The Morgan fingerprint density at radius 1 is 0.980 bits per heavy atom. The molecular formula is C37H42BrN3O9. The summed E-state index contributed by atoms with van der Waals surface area (Å²) in [6, 6.07) is 14.2. The molecule has 2 N–H and O–H groups in total. The number of aliphatic hydroxyl groups excluding tert-OH is 1. The fraction of sp³-hybridized carbons (Fsp3) is 0.459. The van der Waals surface area contributed by atoms with Gasteiger partial charge < -0.3 is 39.2 Å². The van der Waals surface area contributed by atoms with Gasteiger partial charge in [0.15, 0.2) is 0 Å². The molecule has 50 heavy (non-hydrogen) atoms. The van der Waals surface area contributed by atoms with Crippen molar-refractivity contribution in [2.75, 3.05) is 45.4 Å². The maximum atomic E-state index is 15.0. The zero-order valence-corrected chi connectivity index (χ0v) is 29.6. The summed E-state index contributed by atoms with van der Waals surface area (Å²) in [5, 5.41) is 12.6. The number of carbonyl (C=O) groups is 4. The summed E-state index contributed by atoms with van der Waals surface area (Å²) in [6.45, 7) is 0.305. The van der Waals surface area contributed by atoms with Crippen LogP contribution in [0.15, 0.2) is 77.3 Å². The lowest BCUT2D eigenvalue weighted by atomic mass is 9.74. The van der Waals surface area contributed by atoms with Crippen LogP contribution in [0.1, 0.15) is 37.4 Å². The number of nitrogens with one attached hydrogen (secondary N) is 1. The maximum Gasteiger partial charge on any atom is 0.313 e. The molecule has 4 heterocycles. The lowest BCUT2D eigenvalue weighted by Crippen LogP contribution is -2.56. The maximum absolute atomic E-state index is 15.0. The van der Waals surface area contributed by atoms with E-state index in [0.717, 1.165) is 0 Å². The molecule has 2 aromatic rings. The van der Waals surface area contributed by atoms with Gasteiger partial charge in [-0.05, 0) is 55.2 Å². The average Bonchev–Trinajstić information content (AvgIpc) is 3.71. The summed E-state index contributed by atoms with van der Waals surface area (Å²) < 4.78 is 24.3. The van der Waals surface area contributed by atoms with E-state index in [4.69, 9.17) is 18.9 Å². The van der Waals surface area contributed by atoms with Crippen LogP contribution >= 0.6 is 15.9 Å². The number of aliphatic hydroxyl groups is 1. The highest BCUT2D eigenvalue weighted by Gasteiger charge is 2.75. The fourth-order valence-electron chi connectivity index (χ4n) is 7.54. The first kappa shape index (κ1) is 35.8. The highest BCUT2D eigenvalue weighted by Crippen LogP contribution is 2.59. The van der Waals surface area contributed by atoms with E-state index in [-0.39, 0.29) is 38.6 Å². The Morgan fingerprint density at radius 3 is 2.44 bits per heavy atom. The Kier molecular flexibility index (Phi) is 11.1. The monoisotopic (exact) mass is 751 g/mol. The Balaban J connectivity index is 1.46. The van der Waals surface area contributed by atoms with Gasteiger partial charge >= 0.3 is 5.97 Å². The number of halogens is 1. The number of allylic oxidation sites excluding steroid dienone is 1. The molecule has 3 amide bonds. The molecule has 0 radical (unpaired) electrons. The third kappa shape index (κ3) is 6.71. The number of esters is 1. The van der Waals surface area contributed by atoms with Crippen LogP contribution in [-0.2, 0) is 33.4 Å². The van der Waals surface area contributed by atoms with E-state index in [2.05, 4.69) is 21.2 Å². The number of rotatable bonds is 9. The molecule has 4 aliphatic rings. The van der Waals surface area contributed by atoms with Crippen molar-refractivity contribution in [3.8, 4) is 5.75 Å². The van der Waals surface area contributed by atoms with Gasteiger partial charge in [-0.1, -0.05) is 58.4 Å². The van der Waals surface area contributed by atoms with Crippen LogP contribution in [0.25, 0.3) is 0 Å². The molecule has 1 spiro atoms. The number of fused-ring (bicyclic) bond motifs is 2. The van der Waals surface area contributed by atoms with Crippen LogP contribution in [0.3, 0.4) is 0 Å². The standard InChI is InChI=1S/C37H42BrN3O9/c1-47-22-27-31(23-11-5-3-6-12-23)49-36(46)29-30-34(44)41(19-9-10-20-42)33(37(30)21-26(38)32(29)50-37)35(45)40(18-8-4-7-13-28(43)39-27)24-14-16-25(48-2)17-15-24/h3-6,8,11-12,14-17,21,27,29-33,42H,7,9-10,13,18-20,22H2,1-2H3,(H,39,43)/b8-4-/t27-,29+,30-,31-,32+,33+,37-/m0/s1. The Labute approximate surface area is 299 Å². The van der Waals surface area contributed by atoms with Crippen LogP contribution in [0.5, 0.6) is 5.75 Å². The third-order valence-electron chi connectivity index (χ3n) is 9.81. The predicted molar refractivity (Wildman–Crippen MR) is 186 cm³/mol. The minimum absolute atomic E-state index is 0.0565. The van der Waals surface area contributed by atoms with Gasteiger partial charge in [0.1, 0.15) is 35.5 Å². The first-order valence-electron chi connectivity index (χ1n) is 16.9. The Morgan fingerprint density at radius 2 is 1.74 bits per heavy atom. The van der Waals surface area contributed by atoms with Crippen LogP contribution in [-0.4, -0.2) is 98.0 Å². The molecule has 13 heteroatoms. The molecule has 0 aliphatic carbocycles. The summed E-state index contributed by atoms with van der Waals surface area (Å²) in [5.41, 5.74) is -0.259. The molecule has 0 saturated carbocycles. The number of amides is 3. The average molecular weight is 753 g/mol. The van der Waals surface area contributed by atoms with Crippen molar-refractivity contribution in [2.24, 2.45) is 11.8 Å². The van der Waals surface area contributed by atoms with Crippen molar-refractivity contribution < 1.29 is 43.2 Å². The van der Waals surface area contributed by atoms with Gasteiger partial charge in [0, 0.05) is 43.4 Å². The van der Waals surface area contributed by atoms with Crippen molar-refractivity contribution in [1.82, 2.24) is 10.2 Å². The number of hydrogen-bond acceptors (Lipinski definition) is 9. The second kappa shape index (κ2) is 15.5. The van der Waals surface area contributed by atoms with E-state index >= 15 is 0 Å². The number of hydrogen-bond donors (Lipinski definition) is 2. The highest BCUT2D eigenvalue weighted by molar-refractivity contribution is 9.11. The number of ether oxygens (including phenoxy) is 4. The van der Waals surface area contributed by atoms with Gasteiger partial charge in [-0.3, -0.25) is 19.2 Å². The smallest absolute Gasteiger partial charge is 0.313 e. The molecule has 0 aromatic heterocycles. The molecule has 266 valence electrons. The van der Waals surface area contributed by atoms with Crippen molar-refractivity contribution in [1.29, 1.82) is 0 Å². The van der Waals surface area contributed by atoms with E-state index in [9.17, 15) is 24.3 Å². The normalized spacial score (nSPS) is 30.5. The van der Waals surface area contributed by atoms with E-state index < -0.39 is 59.5 Å². The zero-order chi connectivity index (χ0) is 35.4. The van der Waals surface area contributed by atoms with E-state index in [1.54, 1.807) is 54.5 Å². The van der Waals surface area contributed by atoms with E-state index in [0.29, 0.717) is 40.7 Å². The molecule has 4 aliphatic heterocycles. The SMILES string of the molecule is COC[C@@H]1NC(=O)CC/C=C\CN(c2ccc(OC)cc2)C(=O)[C@H]2N(CCCCO)C(=O)[C@@H]3[C@@H](C(=O)O[C@H]1c1ccccc1)[C@@H]1O[C@@]32C=C1Br. The van der Waals surface area contributed by atoms with Crippen LogP contribution in [0.4, 0.5) is 5.69 Å². The summed E-state index contributed by atoms with van der Waals surface area (Å²) in [4.78, 5) is 60.3. The fourth-order valence-corrected chi connectivity index (χ4v) is 8.27. The van der Waals surface area contributed by atoms with Gasteiger partial charge in [0.25, 0.3) is 5.91 Å². The summed E-state index contributed by atoms with van der Waals surface area (Å²) in [5.74, 6) is -3.27. The minimum Gasteiger partial charge on any atom is -0.497 e. The first-order valence-corrected chi connectivity index (χ1v) is 17.6. The van der Waals surface area contributed by atoms with Crippen LogP contribution < -0.4 is 15.0 Å². The van der Waals surface area contributed by atoms with Gasteiger partial charge in [-0.2, -0.15) is 0 Å².